The van der Waals surface area contributed by atoms with Crippen molar-refractivity contribution in [2.24, 2.45) is 5.92 Å². The number of carbonyl (C=O) groups is 2. The fraction of sp³-hybridized carbons (Fsp3) is 0.381. The smallest absolute Gasteiger partial charge is 0.290 e. The van der Waals surface area contributed by atoms with Gasteiger partial charge in [-0.3, -0.25) is 19.9 Å². The monoisotopic (exact) mass is 443 g/mol. The molecule has 1 aliphatic carbocycles. The summed E-state index contributed by atoms with van der Waals surface area (Å²) in [7, 11) is 0. The van der Waals surface area contributed by atoms with Gasteiger partial charge in [-0.15, -0.1) is 0 Å². The predicted molar refractivity (Wildman–Crippen MR) is 117 cm³/mol. The summed E-state index contributed by atoms with van der Waals surface area (Å²) in [5.41, 5.74) is 1.67. The molecule has 4 rings (SSSR count). The van der Waals surface area contributed by atoms with Gasteiger partial charge in [-0.1, -0.05) is 11.6 Å². The molecule has 0 spiro atoms. The Morgan fingerprint density at radius 1 is 1.20 bits per heavy atom. The number of aromatic nitrogens is 3. The van der Waals surface area contributed by atoms with E-state index in [1.807, 2.05) is 12.3 Å². The zero-order valence-electron chi connectivity index (χ0n) is 16.3. The molecule has 2 aliphatic rings. The minimum Gasteiger partial charge on any atom is -0.310 e. The van der Waals surface area contributed by atoms with Crippen LogP contribution in [-0.4, -0.2) is 32.1 Å². The van der Waals surface area contributed by atoms with Crippen LogP contribution in [0.4, 0.5) is 4.79 Å². The minimum atomic E-state index is -0.372. The van der Waals surface area contributed by atoms with Crippen LogP contribution in [0.15, 0.2) is 35.6 Å². The summed E-state index contributed by atoms with van der Waals surface area (Å²) >= 11 is 7.09. The first-order valence-corrected chi connectivity index (χ1v) is 11.1. The van der Waals surface area contributed by atoms with E-state index in [2.05, 4.69) is 25.6 Å². The molecule has 1 saturated heterocycles. The molecule has 2 aromatic rings. The first-order valence-electron chi connectivity index (χ1n) is 9.95. The van der Waals surface area contributed by atoms with E-state index in [-0.39, 0.29) is 11.1 Å². The fourth-order valence-electron chi connectivity index (χ4n) is 3.77. The first-order chi connectivity index (χ1) is 14.6. The maximum atomic E-state index is 11.7. The van der Waals surface area contributed by atoms with Crippen LogP contribution >= 0.6 is 23.4 Å². The van der Waals surface area contributed by atoms with Gasteiger partial charge in [-0.2, -0.15) is 0 Å². The van der Waals surface area contributed by atoms with Crippen LogP contribution < -0.4 is 10.6 Å². The van der Waals surface area contributed by atoms with Crippen molar-refractivity contribution in [3.63, 3.8) is 0 Å². The third-order valence-electron chi connectivity index (χ3n) is 5.39. The Labute approximate surface area is 184 Å². The summed E-state index contributed by atoms with van der Waals surface area (Å²) in [6.45, 7) is 0.732. The summed E-state index contributed by atoms with van der Waals surface area (Å²) in [4.78, 5) is 36.5. The molecule has 0 aromatic carbocycles. The van der Waals surface area contributed by atoms with Crippen molar-refractivity contribution in [1.29, 1.82) is 0 Å². The predicted octanol–water partition coefficient (Wildman–Crippen LogP) is 3.74. The number of hydrogen-bond acceptors (Lipinski definition) is 7. The molecule has 30 heavy (non-hydrogen) atoms. The Balaban J connectivity index is 1.28. The molecule has 0 atom stereocenters. The Kier molecular flexibility index (Phi) is 6.76. The molecule has 3 heterocycles. The van der Waals surface area contributed by atoms with Crippen molar-refractivity contribution < 1.29 is 9.59 Å². The van der Waals surface area contributed by atoms with Gasteiger partial charge in [-0.25, -0.2) is 9.97 Å². The van der Waals surface area contributed by atoms with Crippen LogP contribution in [0.5, 0.6) is 0 Å². The van der Waals surface area contributed by atoms with Crippen LogP contribution in [0.2, 0.25) is 5.02 Å². The Morgan fingerprint density at radius 2 is 2.03 bits per heavy atom. The first kappa shape index (κ1) is 21.0. The molecule has 0 bridgehead atoms. The number of pyridine rings is 1. The van der Waals surface area contributed by atoms with Crippen LogP contribution in [-0.2, 0) is 17.8 Å². The molecule has 0 unspecified atom stereocenters. The van der Waals surface area contributed by atoms with E-state index in [1.54, 1.807) is 24.5 Å². The lowest BCUT2D eigenvalue weighted by Crippen LogP contribution is -2.33. The zero-order chi connectivity index (χ0) is 20.9. The number of halogens is 1. The zero-order valence-corrected chi connectivity index (χ0v) is 17.9. The number of carbonyl (C=O) groups excluding carboxylic acids is 2. The van der Waals surface area contributed by atoms with E-state index in [9.17, 15) is 9.59 Å². The number of imide groups is 1. The maximum Gasteiger partial charge on any atom is 0.290 e. The van der Waals surface area contributed by atoms with Gasteiger partial charge in [0.05, 0.1) is 10.6 Å². The summed E-state index contributed by atoms with van der Waals surface area (Å²) in [6.07, 6.45) is 12.1. The number of nitrogens with one attached hydrogen (secondary N) is 2. The highest BCUT2D eigenvalue weighted by molar-refractivity contribution is 8.18. The number of thioether (sulfide) groups is 1. The molecule has 0 radical (unpaired) electrons. The summed E-state index contributed by atoms with van der Waals surface area (Å²) in [5.74, 6) is 0.944. The molecule has 156 valence electrons. The van der Waals surface area contributed by atoms with E-state index in [4.69, 9.17) is 11.6 Å². The van der Waals surface area contributed by atoms with Crippen molar-refractivity contribution in [3.8, 4) is 0 Å². The molecular weight excluding hydrogens is 422 g/mol. The van der Waals surface area contributed by atoms with Crippen LogP contribution in [0.25, 0.3) is 6.08 Å². The van der Waals surface area contributed by atoms with Gasteiger partial charge in [0.15, 0.2) is 0 Å². The average Bonchev–Trinajstić information content (AvgIpc) is 3.05. The van der Waals surface area contributed by atoms with Crippen molar-refractivity contribution in [2.75, 3.05) is 0 Å². The molecule has 2 N–H and O–H groups in total. The number of nitrogens with zero attached hydrogens (tertiary/aromatic N) is 3. The Morgan fingerprint density at radius 3 is 2.77 bits per heavy atom. The fourth-order valence-corrected chi connectivity index (χ4v) is 4.61. The summed E-state index contributed by atoms with van der Waals surface area (Å²) in [5, 5.41) is 6.24. The van der Waals surface area contributed by atoms with E-state index in [1.165, 1.54) is 0 Å². The van der Waals surface area contributed by atoms with Crippen molar-refractivity contribution in [1.82, 2.24) is 25.6 Å². The van der Waals surface area contributed by atoms with Crippen LogP contribution in [0, 0.1) is 5.92 Å². The third-order valence-corrected chi connectivity index (χ3v) is 6.57. The lowest BCUT2D eigenvalue weighted by Gasteiger charge is -2.29. The van der Waals surface area contributed by atoms with Crippen LogP contribution in [0.1, 0.15) is 42.8 Å². The highest BCUT2D eigenvalue weighted by Crippen LogP contribution is 2.28. The van der Waals surface area contributed by atoms with Crippen LogP contribution in [0.3, 0.4) is 0 Å². The standard InChI is InChI=1S/C21H22ClN5O2S/c22-17-6-7-23-11-14(17)12-25-15-3-1-13(2-4-15)9-19-24-8-5-16(26-19)10-18-20(28)27-21(29)30-18/h5-8,10-11,13,15,25H,1-4,9,12H2,(H,27,28,29)/b18-10-. The summed E-state index contributed by atoms with van der Waals surface area (Å²) < 4.78 is 0. The molecule has 2 fully saturated rings. The SMILES string of the molecule is O=C1NC(=O)/C(=C/c2ccnc(CC3CCC(NCc4cnccc4Cl)CC3)n2)S1. The molecule has 9 heteroatoms. The van der Waals surface area contributed by atoms with E-state index in [0.29, 0.717) is 22.6 Å². The number of amides is 2. The van der Waals surface area contributed by atoms with Gasteiger partial charge in [0.25, 0.3) is 11.1 Å². The molecule has 1 aliphatic heterocycles. The average molecular weight is 444 g/mol. The lowest BCUT2D eigenvalue weighted by molar-refractivity contribution is -0.115. The number of hydrogen-bond donors (Lipinski definition) is 2. The van der Waals surface area contributed by atoms with Gasteiger partial charge < -0.3 is 5.32 Å². The lowest BCUT2D eigenvalue weighted by atomic mass is 9.84. The molecule has 7 nitrogen and oxygen atoms in total. The van der Waals surface area contributed by atoms with Gasteiger partial charge >= 0.3 is 0 Å². The van der Waals surface area contributed by atoms with Crippen molar-refractivity contribution in [3.05, 3.63) is 57.7 Å². The Bertz CT molecular complexity index is 975. The highest BCUT2D eigenvalue weighted by Gasteiger charge is 2.25. The van der Waals surface area contributed by atoms with Gasteiger partial charge in [0.1, 0.15) is 5.82 Å². The molecular formula is C21H22ClN5O2S. The van der Waals surface area contributed by atoms with Gasteiger partial charge in [0, 0.05) is 48.2 Å². The second-order valence-corrected chi connectivity index (χ2v) is 8.94. The quantitative estimate of drug-likeness (QED) is 0.656. The molecule has 2 amide bonds. The van der Waals surface area contributed by atoms with E-state index >= 15 is 0 Å². The van der Waals surface area contributed by atoms with E-state index < -0.39 is 0 Å². The van der Waals surface area contributed by atoms with Crippen molar-refractivity contribution >= 4 is 40.6 Å². The highest BCUT2D eigenvalue weighted by atomic mass is 35.5. The largest absolute Gasteiger partial charge is 0.310 e. The maximum absolute atomic E-state index is 11.7. The normalized spacial score (nSPS) is 23.0. The molecule has 1 saturated carbocycles. The third kappa shape index (κ3) is 5.44. The molecule has 2 aromatic heterocycles. The topological polar surface area (TPSA) is 96.9 Å². The summed E-state index contributed by atoms with van der Waals surface area (Å²) in [6, 6.07) is 4.04. The second kappa shape index (κ2) is 9.68. The minimum absolute atomic E-state index is 0.350. The van der Waals surface area contributed by atoms with Gasteiger partial charge in [0.2, 0.25) is 0 Å². The second-order valence-electron chi connectivity index (χ2n) is 7.52. The number of rotatable bonds is 6. The van der Waals surface area contributed by atoms with E-state index in [0.717, 1.165) is 66.8 Å². The van der Waals surface area contributed by atoms with Gasteiger partial charge in [-0.05, 0) is 61.6 Å². The van der Waals surface area contributed by atoms with Crippen molar-refractivity contribution in [2.45, 2.75) is 44.7 Å². The Hall–Kier alpha value is -2.29.